The van der Waals surface area contributed by atoms with Crippen LogP contribution in [-0.4, -0.2) is 54.5 Å². The molecule has 1 aliphatic heterocycles. The lowest BCUT2D eigenvalue weighted by molar-refractivity contribution is 0.0734. The lowest BCUT2D eigenvalue weighted by Gasteiger charge is -2.29. The van der Waals surface area contributed by atoms with E-state index >= 15 is 0 Å². The van der Waals surface area contributed by atoms with E-state index in [9.17, 15) is 9.90 Å². The standard InChI is InChI=1S/C31H35N7O2/c1-3-16-37-29(40)24-19-32-30(33-23-7-4-20(5-8-23)21-11-17-36(2)18-12-21)35-28(24)38(37)25-9-6-22-10-13-31(14-15-31)27(39)26(22)34-25/h3-9,19,21,27,39H,1,10-18H2,2H3,(H,32,33,35)/i27D. The summed E-state index contributed by atoms with van der Waals surface area (Å²) in [6.07, 6.45) is 6.97. The van der Waals surface area contributed by atoms with Crippen molar-refractivity contribution in [2.45, 2.75) is 57.1 Å². The molecule has 1 unspecified atom stereocenters. The molecule has 3 aliphatic rings. The summed E-state index contributed by atoms with van der Waals surface area (Å²) in [7, 11) is 2.17. The molecule has 9 nitrogen and oxygen atoms in total. The van der Waals surface area contributed by atoms with Crippen LogP contribution in [0.15, 0.2) is 60.0 Å². The van der Waals surface area contributed by atoms with Crippen LogP contribution in [0.25, 0.3) is 16.9 Å². The molecule has 1 aromatic carbocycles. The Morgan fingerprint density at radius 1 is 1.15 bits per heavy atom. The molecule has 2 fully saturated rings. The Balaban J connectivity index is 1.25. The zero-order valence-corrected chi connectivity index (χ0v) is 22.8. The van der Waals surface area contributed by atoms with Crippen LogP contribution < -0.4 is 10.9 Å². The van der Waals surface area contributed by atoms with Gasteiger partial charge in [-0.3, -0.25) is 4.79 Å². The summed E-state index contributed by atoms with van der Waals surface area (Å²) < 4.78 is 12.0. The number of allylic oxidation sites excluding steroid dienone is 1. The quantitative estimate of drug-likeness (QED) is 0.349. The van der Waals surface area contributed by atoms with Crippen LogP contribution in [-0.2, 0) is 13.0 Å². The van der Waals surface area contributed by atoms with Gasteiger partial charge in [-0.2, -0.15) is 4.98 Å². The lowest BCUT2D eigenvalue weighted by atomic mass is 9.82. The molecule has 0 amide bonds. The molecule has 2 N–H and O–H groups in total. The van der Waals surface area contributed by atoms with Crippen molar-refractivity contribution < 1.29 is 6.48 Å². The second kappa shape index (κ2) is 9.67. The average molecular weight is 539 g/mol. The van der Waals surface area contributed by atoms with Crippen molar-refractivity contribution in [1.29, 1.82) is 0 Å². The number of nitrogens with one attached hydrogen (secondary N) is 1. The number of benzene rings is 1. The number of aliphatic hydroxyl groups is 1. The summed E-state index contributed by atoms with van der Waals surface area (Å²) in [5.41, 5.74) is 3.17. The third-order valence-corrected chi connectivity index (χ3v) is 8.97. The van der Waals surface area contributed by atoms with Gasteiger partial charge in [0.25, 0.3) is 5.56 Å². The molecule has 0 bridgehead atoms. The summed E-state index contributed by atoms with van der Waals surface area (Å²) in [5.74, 6) is 1.36. The van der Waals surface area contributed by atoms with E-state index in [-0.39, 0.29) is 12.1 Å². The first kappa shape index (κ1) is 24.0. The number of hydrogen-bond donors (Lipinski definition) is 2. The number of anilines is 2. The third-order valence-electron chi connectivity index (χ3n) is 8.97. The Hall–Kier alpha value is -3.82. The van der Waals surface area contributed by atoms with Crippen LogP contribution in [0.3, 0.4) is 0 Å². The molecular weight excluding hydrogens is 502 g/mol. The minimum atomic E-state index is -1.76. The highest BCUT2D eigenvalue weighted by Crippen LogP contribution is 2.60. The summed E-state index contributed by atoms with van der Waals surface area (Å²) in [6.45, 7) is 6.30. The molecule has 1 spiro atoms. The van der Waals surface area contributed by atoms with Crippen LogP contribution in [0.5, 0.6) is 0 Å². The van der Waals surface area contributed by atoms with Gasteiger partial charge in [0.2, 0.25) is 5.95 Å². The zero-order chi connectivity index (χ0) is 28.4. The summed E-state index contributed by atoms with van der Waals surface area (Å²) >= 11 is 0. The predicted octanol–water partition coefficient (Wildman–Crippen LogP) is 4.48. The Labute approximate surface area is 234 Å². The monoisotopic (exact) mass is 538 g/mol. The predicted molar refractivity (Wildman–Crippen MR) is 155 cm³/mol. The van der Waals surface area contributed by atoms with Crippen molar-refractivity contribution in [3.8, 4) is 5.82 Å². The number of likely N-dealkylation sites (tertiary alicyclic amines) is 1. The van der Waals surface area contributed by atoms with Crippen molar-refractivity contribution in [1.82, 2.24) is 29.2 Å². The highest BCUT2D eigenvalue weighted by Gasteiger charge is 2.52. The number of aromatic nitrogens is 5. The Morgan fingerprint density at radius 3 is 2.65 bits per heavy atom. The maximum absolute atomic E-state index is 13.4. The molecule has 4 aromatic rings. The highest BCUT2D eigenvalue weighted by atomic mass is 16.3. The summed E-state index contributed by atoms with van der Waals surface area (Å²) in [5, 5.41) is 14.9. The van der Waals surface area contributed by atoms with Crippen molar-refractivity contribution in [2.24, 2.45) is 5.41 Å². The second-order valence-electron chi connectivity index (χ2n) is 11.5. The van der Waals surface area contributed by atoms with E-state index in [4.69, 9.17) is 11.3 Å². The molecule has 206 valence electrons. The molecule has 7 rings (SSSR count). The van der Waals surface area contributed by atoms with Crippen LogP contribution in [0.1, 0.15) is 62.3 Å². The second-order valence-corrected chi connectivity index (χ2v) is 11.5. The number of nitrogens with zero attached hydrogens (tertiary/aromatic N) is 6. The van der Waals surface area contributed by atoms with Crippen LogP contribution in [0.2, 0.25) is 0 Å². The fourth-order valence-electron chi connectivity index (χ4n) is 6.30. The Kier molecular flexibility index (Phi) is 5.81. The van der Waals surface area contributed by atoms with E-state index in [1.165, 1.54) is 16.4 Å². The molecule has 3 aromatic heterocycles. The van der Waals surface area contributed by atoms with E-state index in [0.29, 0.717) is 34.4 Å². The average Bonchev–Trinajstić information content (AvgIpc) is 3.72. The summed E-state index contributed by atoms with van der Waals surface area (Å²) in [6, 6.07) is 12.2. The first-order valence-electron chi connectivity index (χ1n) is 14.7. The topological polar surface area (TPSA) is 101 Å². The first-order chi connectivity index (χ1) is 19.8. The fraction of sp³-hybridized carbons (Fsp3) is 0.419. The minimum absolute atomic E-state index is 0.240. The van der Waals surface area contributed by atoms with Gasteiger partial charge in [0.05, 0.1) is 13.6 Å². The molecule has 9 heteroatoms. The van der Waals surface area contributed by atoms with Gasteiger partial charge in [0.15, 0.2) is 11.5 Å². The van der Waals surface area contributed by atoms with Gasteiger partial charge < -0.3 is 15.3 Å². The van der Waals surface area contributed by atoms with Crippen molar-refractivity contribution in [2.75, 3.05) is 25.5 Å². The zero-order valence-electron chi connectivity index (χ0n) is 23.8. The van der Waals surface area contributed by atoms with Crippen molar-refractivity contribution in [3.63, 3.8) is 0 Å². The molecule has 4 heterocycles. The van der Waals surface area contributed by atoms with E-state index in [0.717, 1.165) is 62.9 Å². The van der Waals surface area contributed by atoms with Gasteiger partial charge >= 0.3 is 0 Å². The molecule has 1 saturated carbocycles. The number of aryl methyl sites for hydroxylation is 1. The van der Waals surface area contributed by atoms with Crippen LogP contribution in [0, 0.1) is 5.41 Å². The first-order valence-corrected chi connectivity index (χ1v) is 14.2. The van der Waals surface area contributed by atoms with Crippen molar-refractivity contribution in [3.05, 3.63) is 82.4 Å². The lowest BCUT2D eigenvalue weighted by Crippen LogP contribution is -2.29. The number of piperidine rings is 1. The molecule has 2 aliphatic carbocycles. The van der Waals surface area contributed by atoms with Gasteiger partial charge in [0, 0.05) is 17.3 Å². The van der Waals surface area contributed by atoms with Gasteiger partial charge in [-0.05, 0) is 93.9 Å². The largest absolute Gasteiger partial charge is 0.386 e. The highest BCUT2D eigenvalue weighted by molar-refractivity contribution is 5.77. The number of fused-ring (bicyclic) bond motifs is 2. The minimum Gasteiger partial charge on any atom is -0.386 e. The van der Waals surface area contributed by atoms with Gasteiger partial charge in [-0.1, -0.05) is 24.3 Å². The molecule has 0 radical (unpaired) electrons. The Morgan fingerprint density at radius 2 is 1.93 bits per heavy atom. The third kappa shape index (κ3) is 4.24. The van der Waals surface area contributed by atoms with E-state index in [1.54, 1.807) is 10.8 Å². The molecule has 1 atom stereocenters. The van der Waals surface area contributed by atoms with Gasteiger partial charge in [0.1, 0.15) is 11.5 Å². The maximum atomic E-state index is 13.4. The number of pyridine rings is 1. The van der Waals surface area contributed by atoms with Gasteiger partial charge in [-0.15, -0.1) is 6.58 Å². The Bertz CT molecular complexity index is 1700. The molecule has 40 heavy (non-hydrogen) atoms. The molecule has 1 saturated heterocycles. The SMILES string of the molecule is [2H]C1(O)c2nc(-n3c4nc(Nc5ccc(C6CCN(C)CC6)cc5)ncc4c(=O)n3CC=C)ccc2CCC12CC2. The van der Waals surface area contributed by atoms with Crippen LogP contribution >= 0.6 is 0 Å². The van der Waals surface area contributed by atoms with Crippen molar-refractivity contribution >= 4 is 22.7 Å². The van der Waals surface area contributed by atoms with E-state index < -0.39 is 11.5 Å². The van der Waals surface area contributed by atoms with E-state index in [2.05, 4.69) is 41.0 Å². The van der Waals surface area contributed by atoms with E-state index in [1.807, 2.05) is 24.3 Å². The summed E-state index contributed by atoms with van der Waals surface area (Å²) in [4.78, 5) is 29.8. The molecular formula is C31H35N7O2. The number of hydrogen-bond acceptors (Lipinski definition) is 7. The van der Waals surface area contributed by atoms with Crippen LogP contribution in [0.4, 0.5) is 11.6 Å². The maximum Gasteiger partial charge on any atom is 0.278 e. The smallest absolute Gasteiger partial charge is 0.278 e. The fourth-order valence-corrected chi connectivity index (χ4v) is 6.30. The van der Waals surface area contributed by atoms with Gasteiger partial charge in [-0.25, -0.2) is 19.3 Å². The number of rotatable bonds is 6. The normalized spacial score (nSPS) is 22.7.